The normalized spacial score (nSPS) is 13.8. The third-order valence-corrected chi connectivity index (χ3v) is 5.01. The highest BCUT2D eigenvalue weighted by Gasteiger charge is 2.22. The average molecular weight is 353 g/mol. The molecule has 0 radical (unpaired) electrons. The number of hydrogen-bond acceptors (Lipinski definition) is 3. The molecule has 0 bridgehead atoms. The number of rotatable bonds is 2. The van der Waals surface area contributed by atoms with E-state index in [1.807, 2.05) is 25.3 Å². The molecule has 0 saturated carbocycles. The lowest BCUT2D eigenvalue weighted by molar-refractivity contribution is 0.0957. The van der Waals surface area contributed by atoms with Gasteiger partial charge in [0.15, 0.2) is 5.75 Å². The van der Waals surface area contributed by atoms with Gasteiger partial charge in [-0.2, -0.15) is 0 Å². The number of ether oxygens (including phenoxy) is 1. The SMILES string of the molecule is Cc1c(Cc2ccc3cnccc3c2)cc2c(c1Cl)OCCNC2=O. The maximum Gasteiger partial charge on any atom is 0.255 e. The van der Waals surface area contributed by atoms with E-state index in [1.54, 1.807) is 6.20 Å². The van der Waals surface area contributed by atoms with Crippen molar-refractivity contribution in [1.29, 1.82) is 0 Å². The Morgan fingerprint density at radius 2 is 2.12 bits per heavy atom. The Hall–Kier alpha value is -2.59. The molecule has 0 unspecified atom stereocenters. The zero-order valence-corrected chi connectivity index (χ0v) is 14.6. The van der Waals surface area contributed by atoms with Crippen molar-refractivity contribution in [3.05, 3.63) is 70.0 Å². The van der Waals surface area contributed by atoms with Gasteiger partial charge in [-0.25, -0.2) is 0 Å². The third kappa shape index (κ3) is 2.94. The van der Waals surface area contributed by atoms with Crippen molar-refractivity contribution in [1.82, 2.24) is 10.3 Å². The van der Waals surface area contributed by atoms with Gasteiger partial charge in [-0.1, -0.05) is 29.8 Å². The highest BCUT2D eigenvalue weighted by atomic mass is 35.5. The number of hydrogen-bond donors (Lipinski definition) is 1. The monoisotopic (exact) mass is 352 g/mol. The zero-order valence-electron chi connectivity index (χ0n) is 13.8. The van der Waals surface area contributed by atoms with Gasteiger partial charge in [-0.05, 0) is 47.6 Å². The number of aromatic nitrogens is 1. The van der Waals surface area contributed by atoms with E-state index in [0.717, 1.165) is 27.5 Å². The van der Waals surface area contributed by atoms with Crippen LogP contribution >= 0.6 is 11.6 Å². The molecule has 5 heteroatoms. The van der Waals surface area contributed by atoms with Crippen LogP contribution in [-0.4, -0.2) is 24.0 Å². The number of nitrogens with zero attached hydrogens (tertiary/aromatic N) is 1. The molecule has 126 valence electrons. The molecule has 2 heterocycles. The predicted molar refractivity (Wildman–Crippen MR) is 98.6 cm³/mol. The van der Waals surface area contributed by atoms with Crippen molar-refractivity contribution >= 4 is 28.3 Å². The molecule has 1 aliphatic heterocycles. The maximum atomic E-state index is 12.3. The minimum Gasteiger partial charge on any atom is -0.489 e. The first kappa shape index (κ1) is 15.9. The molecule has 3 aromatic rings. The van der Waals surface area contributed by atoms with E-state index in [0.29, 0.717) is 35.9 Å². The largest absolute Gasteiger partial charge is 0.489 e. The van der Waals surface area contributed by atoms with Gasteiger partial charge in [0, 0.05) is 17.8 Å². The van der Waals surface area contributed by atoms with Crippen molar-refractivity contribution in [3.63, 3.8) is 0 Å². The van der Waals surface area contributed by atoms with Gasteiger partial charge in [0.2, 0.25) is 0 Å². The molecule has 0 spiro atoms. The summed E-state index contributed by atoms with van der Waals surface area (Å²) in [6, 6.07) is 10.2. The van der Waals surface area contributed by atoms with Crippen molar-refractivity contribution in [2.75, 3.05) is 13.2 Å². The smallest absolute Gasteiger partial charge is 0.255 e. The fourth-order valence-corrected chi connectivity index (χ4v) is 3.42. The molecular weight excluding hydrogens is 336 g/mol. The second-order valence-electron chi connectivity index (χ2n) is 6.19. The lowest BCUT2D eigenvalue weighted by atomic mass is 9.96. The van der Waals surface area contributed by atoms with Gasteiger partial charge in [0.25, 0.3) is 5.91 Å². The molecule has 0 fully saturated rings. The van der Waals surface area contributed by atoms with E-state index in [1.165, 1.54) is 0 Å². The molecule has 0 aliphatic carbocycles. The number of benzene rings is 2. The zero-order chi connectivity index (χ0) is 17.4. The summed E-state index contributed by atoms with van der Waals surface area (Å²) < 4.78 is 5.67. The first-order valence-electron chi connectivity index (χ1n) is 8.19. The molecule has 0 atom stereocenters. The molecule has 25 heavy (non-hydrogen) atoms. The van der Waals surface area contributed by atoms with Crippen LogP contribution in [0.25, 0.3) is 10.8 Å². The molecule has 0 saturated heterocycles. The molecule has 1 aromatic heterocycles. The summed E-state index contributed by atoms with van der Waals surface area (Å²) in [6.45, 7) is 2.88. The van der Waals surface area contributed by atoms with Gasteiger partial charge < -0.3 is 10.1 Å². The van der Waals surface area contributed by atoms with Crippen LogP contribution in [0.4, 0.5) is 0 Å². The molecule has 4 rings (SSSR count). The molecule has 2 aromatic carbocycles. The van der Waals surface area contributed by atoms with Crippen LogP contribution in [0.15, 0.2) is 42.7 Å². The molecule has 1 N–H and O–H groups in total. The van der Waals surface area contributed by atoms with Gasteiger partial charge in [0.05, 0.1) is 17.1 Å². The molecule has 4 nitrogen and oxygen atoms in total. The molecule has 1 amide bonds. The standard InChI is InChI=1S/C20H17ClN2O2/c1-12-16(9-13-2-3-15-11-22-5-4-14(15)8-13)10-17-19(18(12)21)25-7-6-23-20(17)24/h2-5,8,10-11H,6-7,9H2,1H3,(H,23,24). The first-order valence-corrected chi connectivity index (χ1v) is 8.57. The number of amides is 1. The van der Waals surface area contributed by atoms with Crippen molar-refractivity contribution < 1.29 is 9.53 Å². The Morgan fingerprint density at radius 1 is 1.24 bits per heavy atom. The first-order chi connectivity index (χ1) is 12.1. The minimum atomic E-state index is -0.139. The minimum absolute atomic E-state index is 0.139. The number of nitrogens with one attached hydrogen (secondary N) is 1. The number of pyridine rings is 1. The number of carbonyl (C=O) groups is 1. The van der Waals surface area contributed by atoms with Gasteiger partial charge >= 0.3 is 0 Å². The Kier molecular flexibility index (Phi) is 4.06. The van der Waals surface area contributed by atoms with Crippen LogP contribution in [0, 0.1) is 6.92 Å². The Morgan fingerprint density at radius 3 is 3.00 bits per heavy atom. The summed E-state index contributed by atoms with van der Waals surface area (Å²) in [4.78, 5) is 16.4. The van der Waals surface area contributed by atoms with Crippen molar-refractivity contribution in [2.45, 2.75) is 13.3 Å². The van der Waals surface area contributed by atoms with Crippen LogP contribution in [0.2, 0.25) is 5.02 Å². The summed E-state index contributed by atoms with van der Waals surface area (Å²) in [5, 5.41) is 5.61. The summed E-state index contributed by atoms with van der Waals surface area (Å²) in [6.07, 6.45) is 4.34. The number of halogens is 1. The maximum absolute atomic E-state index is 12.3. The highest BCUT2D eigenvalue weighted by Crippen LogP contribution is 2.36. The van der Waals surface area contributed by atoms with E-state index in [-0.39, 0.29) is 5.91 Å². The Bertz CT molecular complexity index is 985. The average Bonchev–Trinajstić information content (AvgIpc) is 2.81. The summed E-state index contributed by atoms with van der Waals surface area (Å²) in [7, 11) is 0. The van der Waals surface area contributed by atoms with Crippen LogP contribution in [-0.2, 0) is 6.42 Å². The van der Waals surface area contributed by atoms with Crippen LogP contribution in [0.1, 0.15) is 27.0 Å². The lowest BCUT2D eigenvalue weighted by Gasteiger charge is -2.15. The second-order valence-corrected chi connectivity index (χ2v) is 6.57. The van der Waals surface area contributed by atoms with E-state index >= 15 is 0 Å². The van der Waals surface area contributed by atoms with E-state index < -0.39 is 0 Å². The topological polar surface area (TPSA) is 51.2 Å². The fourth-order valence-electron chi connectivity index (χ4n) is 3.15. The van der Waals surface area contributed by atoms with Gasteiger partial charge in [0.1, 0.15) is 6.61 Å². The lowest BCUT2D eigenvalue weighted by Crippen LogP contribution is -2.24. The Labute approximate surface area is 150 Å². The van der Waals surface area contributed by atoms with Gasteiger partial charge in [-0.3, -0.25) is 9.78 Å². The van der Waals surface area contributed by atoms with E-state index in [4.69, 9.17) is 16.3 Å². The second kappa shape index (κ2) is 6.37. The van der Waals surface area contributed by atoms with Crippen LogP contribution in [0.5, 0.6) is 5.75 Å². The Balaban J connectivity index is 1.77. The number of carbonyl (C=O) groups excluding carboxylic acids is 1. The fraction of sp³-hybridized carbons (Fsp3) is 0.200. The van der Waals surface area contributed by atoms with Crippen molar-refractivity contribution in [2.24, 2.45) is 0 Å². The van der Waals surface area contributed by atoms with E-state index in [2.05, 4.69) is 28.5 Å². The summed E-state index contributed by atoms with van der Waals surface area (Å²) in [5.41, 5.74) is 3.64. The van der Waals surface area contributed by atoms with Crippen LogP contribution < -0.4 is 10.1 Å². The third-order valence-electron chi connectivity index (χ3n) is 4.55. The van der Waals surface area contributed by atoms with E-state index in [9.17, 15) is 4.79 Å². The highest BCUT2D eigenvalue weighted by molar-refractivity contribution is 6.33. The summed E-state index contributed by atoms with van der Waals surface area (Å²) >= 11 is 6.50. The quantitative estimate of drug-likeness (QED) is 0.760. The summed E-state index contributed by atoms with van der Waals surface area (Å²) in [5.74, 6) is 0.350. The predicted octanol–water partition coefficient (Wildman–Crippen LogP) is 3.91. The van der Waals surface area contributed by atoms with Crippen molar-refractivity contribution in [3.8, 4) is 5.75 Å². The van der Waals surface area contributed by atoms with Crippen LogP contribution in [0.3, 0.4) is 0 Å². The molecule has 1 aliphatic rings. The number of fused-ring (bicyclic) bond motifs is 2. The van der Waals surface area contributed by atoms with Gasteiger partial charge in [-0.15, -0.1) is 0 Å². The molecular formula is C20H17ClN2O2.